The number of nitrogens with zero attached hydrogens (tertiary/aromatic N) is 3. The number of benzene rings is 1. The molecule has 1 aromatic carbocycles. The van der Waals surface area contributed by atoms with Crippen molar-refractivity contribution in [1.29, 1.82) is 0 Å². The minimum Gasteiger partial charge on any atom is -0.490 e. The van der Waals surface area contributed by atoms with Gasteiger partial charge in [0.25, 0.3) is 0 Å². The van der Waals surface area contributed by atoms with Crippen LogP contribution in [0.25, 0.3) is 0 Å². The smallest absolute Gasteiger partial charge is 0.193 e. The summed E-state index contributed by atoms with van der Waals surface area (Å²) in [5.74, 6) is 2.62. The summed E-state index contributed by atoms with van der Waals surface area (Å²) in [6, 6.07) is 15.1. The third kappa shape index (κ3) is 6.60. The minimum absolute atomic E-state index is 0. The molecule has 2 aliphatic rings. The Labute approximate surface area is 214 Å². The van der Waals surface area contributed by atoms with Gasteiger partial charge < -0.3 is 15.0 Å². The van der Waals surface area contributed by atoms with Crippen LogP contribution in [0.1, 0.15) is 43.5 Å². The molecule has 0 spiro atoms. The highest BCUT2D eigenvalue weighted by Gasteiger charge is 2.31. The predicted molar refractivity (Wildman–Crippen MR) is 145 cm³/mol. The molecule has 0 amide bonds. The highest BCUT2D eigenvalue weighted by Crippen LogP contribution is 2.37. The lowest BCUT2D eigenvalue weighted by Crippen LogP contribution is -2.48. The lowest BCUT2D eigenvalue weighted by Gasteiger charge is -2.39. The molecule has 3 heterocycles. The van der Waals surface area contributed by atoms with Crippen molar-refractivity contribution in [3.8, 4) is 5.75 Å². The molecule has 4 rings (SSSR count). The number of ether oxygens (including phenoxy) is 1. The van der Waals surface area contributed by atoms with E-state index in [9.17, 15) is 0 Å². The van der Waals surface area contributed by atoms with E-state index < -0.39 is 0 Å². The van der Waals surface area contributed by atoms with Gasteiger partial charge in [0.15, 0.2) is 5.96 Å². The molecule has 2 unspecified atom stereocenters. The molecule has 0 aliphatic carbocycles. The Hall–Kier alpha value is -1.32. The van der Waals surface area contributed by atoms with Crippen LogP contribution in [0.2, 0.25) is 0 Å². The molecule has 5 nitrogen and oxygen atoms in total. The minimum atomic E-state index is 0. The summed E-state index contributed by atoms with van der Waals surface area (Å²) in [6.45, 7) is 7.10. The molecule has 2 atom stereocenters. The number of piperidine rings is 2. The first-order chi connectivity index (χ1) is 15.2. The molecule has 7 heteroatoms. The average Bonchev–Trinajstić information content (AvgIpc) is 3.32. The van der Waals surface area contributed by atoms with Crippen molar-refractivity contribution in [1.82, 2.24) is 15.1 Å². The maximum Gasteiger partial charge on any atom is 0.193 e. The summed E-state index contributed by atoms with van der Waals surface area (Å²) in [7, 11) is 2.27. The van der Waals surface area contributed by atoms with Crippen LogP contribution in [-0.2, 0) is 0 Å². The monoisotopic (exact) mass is 568 g/mol. The van der Waals surface area contributed by atoms with Gasteiger partial charge in [-0.15, -0.1) is 35.3 Å². The second-order valence-electron chi connectivity index (χ2n) is 8.66. The van der Waals surface area contributed by atoms with Gasteiger partial charge in [0.05, 0.1) is 0 Å². The molecule has 2 saturated heterocycles. The Kier molecular flexibility index (Phi) is 10.1. The van der Waals surface area contributed by atoms with E-state index in [0.29, 0.717) is 12.0 Å². The first-order valence-corrected chi connectivity index (χ1v) is 12.6. The molecule has 1 N–H and O–H groups in total. The third-order valence-electron chi connectivity index (χ3n) is 6.44. The zero-order valence-electron chi connectivity index (χ0n) is 19.3. The number of halogens is 1. The number of para-hydroxylation sites is 1. The van der Waals surface area contributed by atoms with Gasteiger partial charge in [-0.2, -0.15) is 0 Å². The van der Waals surface area contributed by atoms with Crippen LogP contribution in [0.4, 0.5) is 0 Å². The molecule has 2 fully saturated rings. The molecule has 0 radical (unpaired) electrons. The Morgan fingerprint density at radius 3 is 2.56 bits per heavy atom. The summed E-state index contributed by atoms with van der Waals surface area (Å²) in [5.41, 5.74) is 0. The first kappa shape index (κ1) is 25.3. The summed E-state index contributed by atoms with van der Waals surface area (Å²) >= 11 is 1.88. The van der Waals surface area contributed by atoms with E-state index in [0.717, 1.165) is 50.7 Å². The van der Waals surface area contributed by atoms with Crippen molar-refractivity contribution in [3.05, 3.63) is 52.7 Å². The summed E-state index contributed by atoms with van der Waals surface area (Å²) in [6.07, 6.45) is 4.86. The van der Waals surface area contributed by atoms with Crippen molar-refractivity contribution in [2.24, 2.45) is 10.9 Å². The van der Waals surface area contributed by atoms with E-state index in [1.54, 1.807) is 0 Å². The number of likely N-dealkylation sites (tertiary alicyclic amines) is 2. The average molecular weight is 569 g/mol. The normalized spacial score (nSPS) is 22.9. The van der Waals surface area contributed by atoms with Crippen LogP contribution >= 0.6 is 35.3 Å². The zero-order chi connectivity index (χ0) is 21.5. The van der Waals surface area contributed by atoms with E-state index in [4.69, 9.17) is 9.73 Å². The number of hydrogen-bond donors (Lipinski definition) is 1. The van der Waals surface area contributed by atoms with Gasteiger partial charge in [-0.25, -0.2) is 0 Å². The van der Waals surface area contributed by atoms with E-state index in [2.05, 4.69) is 46.6 Å². The van der Waals surface area contributed by atoms with E-state index in [1.807, 2.05) is 41.7 Å². The topological polar surface area (TPSA) is 40.1 Å². The second-order valence-corrected chi connectivity index (χ2v) is 9.63. The van der Waals surface area contributed by atoms with Crippen LogP contribution in [0.5, 0.6) is 5.75 Å². The number of nitrogens with one attached hydrogen (secondary N) is 1. The van der Waals surface area contributed by atoms with Crippen LogP contribution in [0.3, 0.4) is 0 Å². The van der Waals surface area contributed by atoms with Gasteiger partial charge in [0.2, 0.25) is 0 Å². The number of aliphatic imine (C=N–C) groups is 1. The summed E-state index contributed by atoms with van der Waals surface area (Å²) in [4.78, 5) is 11.6. The predicted octanol–water partition coefficient (Wildman–Crippen LogP) is 5.26. The largest absolute Gasteiger partial charge is 0.490 e. The van der Waals surface area contributed by atoms with Crippen LogP contribution in [0, 0.1) is 5.92 Å². The number of rotatable bonds is 6. The maximum absolute atomic E-state index is 6.17. The van der Waals surface area contributed by atoms with Crippen molar-refractivity contribution in [3.63, 3.8) is 0 Å². The highest BCUT2D eigenvalue weighted by molar-refractivity contribution is 14.0. The molecule has 176 valence electrons. The van der Waals surface area contributed by atoms with E-state index in [1.165, 1.54) is 24.3 Å². The molecule has 32 heavy (non-hydrogen) atoms. The molecule has 2 aromatic rings. The highest BCUT2D eigenvalue weighted by atomic mass is 127. The number of thiophene rings is 1. The van der Waals surface area contributed by atoms with Crippen LogP contribution in [0.15, 0.2) is 52.8 Å². The van der Waals surface area contributed by atoms with Crippen LogP contribution in [-0.4, -0.2) is 61.6 Å². The molecular formula is C25H37IN4OS. The van der Waals surface area contributed by atoms with Crippen molar-refractivity contribution in [2.75, 3.05) is 39.8 Å². The van der Waals surface area contributed by atoms with Gasteiger partial charge in [-0.3, -0.25) is 9.89 Å². The fourth-order valence-corrected chi connectivity index (χ4v) is 5.85. The lowest BCUT2D eigenvalue weighted by atomic mass is 9.88. The van der Waals surface area contributed by atoms with Crippen molar-refractivity contribution < 1.29 is 4.74 Å². The van der Waals surface area contributed by atoms with Crippen LogP contribution < -0.4 is 10.1 Å². The Balaban J connectivity index is 0.00000289. The fraction of sp³-hybridized carbons (Fsp3) is 0.560. The Bertz CT molecular complexity index is 809. The molecular weight excluding hydrogens is 531 g/mol. The zero-order valence-corrected chi connectivity index (χ0v) is 22.4. The molecule has 2 aliphatic heterocycles. The number of hydrogen-bond acceptors (Lipinski definition) is 4. The quantitative estimate of drug-likeness (QED) is 0.294. The Morgan fingerprint density at radius 1 is 1.09 bits per heavy atom. The van der Waals surface area contributed by atoms with Crippen molar-refractivity contribution >= 4 is 41.3 Å². The maximum atomic E-state index is 6.17. The van der Waals surface area contributed by atoms with Crippen molar-refractivity contribution in [2.45, 2.75) is 44.8 Å². The van der Waals surface area contributed by atoms with E-state index >= 15 is 0 Å². The molecule has 0 saturated carbocycles. The standard InChI is InChI=1S/C25H36N4OS.HI/c1-3-26-25(29-16-13-22(14-17-29)30-21-10-5-4-6-11-21)27-19-20-9-7-15-28(2)24(20)23-12-8-18-31-23;/h4-6,8,10-12,18,20,22,24H,3,7,9,13-17,19H2,1-2H3,(H,26,27);1H. The molecule has 0 bridgehead atoms. The van der Waals surface area contributed by atoms with Gasteiger partial charge in [0.1, 0.15) is 11.9 Å². The van der Waals surface area contributed by atoms with Gasteiger partial charge in [0, 0.05) is 49.9 Å². The first-order valence-electron chi connectivity index (χ1n) is 11.7. The van der Waals surface area contributed by atoms with Gasteiger partial charge >= 0.3 is 0 Å². The lowest BCUT2D eigenvalue weighted by molar-refractivity contribution is 0.124. The van der Waals surface area contributed by atoms with Gasteiger partial charge in [-0.1, -0.05) is 24.3 Å². The third-order valence-corrected chi connectivity index (χ3v) is 7.38. The summed E-state index contributed by atoms with van der Waals surface area (Å²) in [5, 5.41) is 5.74. The molecule has 1 aromatic heterocycles. The number of guanidine groups is 1. The fourth-order valence-electron chi connectivity index (χ4n) is 4.87. The SMILES string of the molecule is CCNC(=NCC1CCCN(C)C1c1cccs1)N1CCC(Oc2ccccc2)CC1.I. The Morgan fingerprint density at radius 2 is 1.88 bits per heavy atom. The van der Waals surface area contributed by atoms with Gasteiger partial charge in [-0.05, 0) is 62.9 Å². The van der Waals surface area contributed by atoms with E-state index in [-0.39, 0.29) is 30.1 Å². The second kappa shape index (κ2) is 12.8. The summed E-state index contributed by atoms with van der Waals surface area (Å²) < 4.78 is 6.17.